The number of nitrogens with two attached hydrogens (primary N) is 1. The lowest BCUT2D eigenvalue weighted by atomic mass is 9.88. The number of benzene rings is 1. The second-order valence-electron chi connectivity index (χ2n) is 9.05. The molecule has 1 unspecified atom stereocenters. The molecule has 3 N–H and O–H groups in total. The number of amides is 1. The predicted molar refractivity (Wildman–Crippen MR) is 136 cm³/mol. The highest BCUT2D eigenvalue weighted by molar-refractivity contribution is 8.13. The molecule has 0 aromatic heterocycles. The Labute approximate surface area is 194 Å². The maximum atomic E-state index is 12.6. The molecule has 2 rings (SSSR count). The molecule has 1 aromatic carbocycles. The summed E-state index contributed by atoms with van der Waals surface area (Å²) in [4.78, 5) is 17.2. The molecule has 4 nitrogen and oxygen atoms in total. The van der Waals surface area contributed by atoms with Crippen LogP contribution in [0.5, 0.6) is 0 Å². The number of nitrogens with zero attached hydrogens (tertiary/aromatic N) is 1. The van der Waals surface area contributed by atoms with E-state index in [1.165, 1.54) is 70.6 Å². The van der Waals surface area contributed by atoms with E-state index in [4.69, 9.17) is 5.73 Å². The van der Waals surface area contributed by atoms with Crippen LogP contribution in [0.25, 0.3) is 0 Å². The monoisotopic (exact) mass is 445 g/mol. The smallest absolute Gasteiger partial charge is 0.251 e. The van der Waals surface area contributed by atoms with Crippen molar-refractivity contribution in [2.75, 3.05) is 12.3 Å². The van der Waals surface area contributed by atoms with Crippen molar-refractivity contribution in [2.24, 2.45) is 10.7 Å². The Bertz CT molecular complexity index is 691. The Kier molecular flexibility index (Phi) is 12.1. The Hall–Kier alpha value is -1.49. The molecule has 0 aliphatic carbocycles. The number of hydrogen-bond acceptors (Lipinski definition) is 4. The van der Waals surface area contributed by atoms with Crippen molar-refractivity contribution in [1.82, 2.24) is 5.32 Å². The Morgan fingerprint density at radius 1 is 1.03 bits per heavy atom. The van der Waals surface area contributed by atoms with Gasteiger partial charge in [-0.25, -0.2) is 0 Å². The van der Waals surface area contributed by atoms with Gasteiger partial charge in [0, 0.05) is 17.9 Å². The van der Waals surface area contributed by atoms with Crippen molar-refractivity contribution in [3.8, 4) is 0 Å². The molecule has 0 bridgehead atoms. The van der Waals surface area contributed by atoms with Crippen molar-refractivity contribution >= 4 is 22.8 Å². The average molecular weight is 446 g/mol. The second-order valence-corrected chi connectivity index (χ2v) is 10.2. The standard InChI is InChI=1S/C26H43N3OS/c1-3-4-5-6-7-8-9-10-11-12-13-14-19-28-24(30)22-16-15-17-23(21-22)26(2)18-20-31-25(27)29-26/h15-17,21H,3-14,18-20H2,1-2H3,(H2,27,29)(H,28,30). The normalized spacial score (nSPS) is 18.6. The van der Waals surface area contributed by atoms with Crippen molar-refractivity contribution in [1.29, 1.82) is 0 Å². The highest BCUT2D eigenvalue weighted by atomic mass is 32.2. The van der Waals surface area contributed by atoms with E-state index in [0.29, 0.717) is 10.7 Å². The molecule has 1 atom stereocenters. The number of thioether (sulfide) groups is 1. The van der Waals surface area contributed by atoms with Gasteiger partial charge < -0.3 is 11.1 Å². The predicted octanol–water partition coefficient (Wildman–Crippen LogP) is 6.78. The van der Waals surface area contributed by atoms with Crippen LogP contribution in [0.4, 0.5) is 0 Å². The van der Waals surface area contributed by atoms with Gasteiger partial charge in [0.15, 0.2) is 5.17 Å². The van der Waals surface area contributed by atoms with Gasteiger partial charge in [-0.3, -0.25) is 9.79 Å². The number of rotatable bonds is 15. The lowest BCUT2D eigenvalue weighted by Gasteiger charge is -2.30. The van der Waals surface area contributed by atoms with Crippen molar-refractivity contribution in [3.05, 3.63) is 35.4 Å². The molecule has 0 saturated carbocycles. The molecule has 1 heterocycles. The SMILES string of the molecule is CCCCCCCCCCCCCCNC(=O)c1cccc(C2(C)CCSC(N)=N2)c1. The summed E-state index contributed by atoms with van der Waals surface area (Å²) in [7, 11) is 0. The molecule has 0 fully saturated rings. The number of nitrogens with one attached hydrogen (secondary N) is 1. The van der Waals surface area contributed by atoms with Crippen molar-refractivity contribution in [3.63, 3.8) is 0 Å². The van der Waals surface area contributed by atoms with Gasteiger partial charge in [0.2, 0.25) is 0 Å². The van der Waals surface area contributed by atoms with Crippen LogP contribution < -0.4 is 11.1 Å². The molecule has 31 heavy (non-hydrogen) atoms. The molecule has 0 saturated heterocycles. The van der Waals surface area contributed by atoms with E-state index >= 15 is 0 Å². The van der Waals surface area contributed by atoms with E-state index in [9.17, 15) is 4.79 Å². The molecule has 1 amide bonds. The zero-order valence-corrected chi connectivity index (χ0v) is 20.6. The molecule has 0 spiro atoms. The van der Waals surface area contributed by atoms with Gasteiger partial charge in [0.1, 0.15) is 0 Å². The van der Waals surface area contributed by atoms with Gasteiger partial charge in [-0.2, -0.15) is 0 Å². The van der Waals surface area contributed by atoms with E-state index < -0.39 is 0 Å². The maximum Gasteiger partial charge on any atom is 0.251 e. The summed E-state index contributed by atoms with van der Waals surface area (Å²) in [6.45, 7) is 5.12. The number of aliphatic imine (C=N–C) groups is 1. The van der Waals surface area contributed by atoms with E-state index in [-0.39, 0.29) is 11.4 Å². The quantitative estimate of drug-likeness (QED) is 0.292. The van der Waals surface area contributed by atoms with Gasteiger partial charge in [-0.1, -0.05) is 101 Å². The third-order valence-corrected chi connectivity index (χ3v) is 7.05. The van der Waals surface area contributed by atoms with Crippen LogP contribution in [-0.2, 0) is 5.54 Å². The fourth-order valence-electron chi connectivity index (χ4n) is 4.16. The molecule has 5 heteroatoms. The lowest BCUT2D eigenvalue weighted by Crippen LogP contribution is -2.29. The number of amidine groups is 1. The maximum absolute atomic E-state index is 12.6. The molecule has 1 aliphatic heterocycles. The minimum atomic E-state index is -0.332. The first-order valence-electron chi connectivity index (χ1n) is 12.4. The highest BCUT2D eigenvalue weighted by Crippen LogP contribution is 2.35. The second kappa shape index (κ2) is 14.5. The third-order valence-electron chi connectivity index (χ3n) is 6.26. The fraction of sp³-hybridized carbons (Fsp3) is 0.692. The summed E-state index contributed by atoms with van der Waals surface area (Å²) in [6.07, 6.45) is 16.9. The van der Waals surface area contributed by atoms with Crippen LogP contribution >= 0.6 is 11.8 Å². The summed E-state index contributed by atoms with van der Waals surface area (Å²) in [5.74, 6) is 0.969. The van der Waals surface area contributed by atoms with Crippen LogP contribution in [0.3, 0.4) is 0 Å². The molecule has 1 aromatic rings. The van der Waals surface area contributed by atoms with Crippen LogP contribution in [0.2, 0.25) is 0 Å². The topological polar surface area (TPSA) is 67.5 Å². The van der Waals surface area contributed by atoms with Crippen LogP contribution in [0.1, 0.15) is 113 Å². The first-order chi connectivity index (χ1) is 15.0. The largest absolute Gasteiger partial charge is 0.379 e. The Morgan fingerprint density at radius 2 is 1.65 bits per heavy atom. The van der Waals surface area contributed by atoms with Gasteiger partial charge >= 0.3 is 0 Å². The number of carbonyl (C=O) groups is 1. The molecule has 1 aliphatic rings. The van der Waals surface area contributed by atoms with E-state index in [0.717, 1.165) is 30.7 Å². The summed E-state index contributed by atoms with van der Waals surface area (Å²) in [5.41, 5.74) is 7.39. The Morgan fingerprint density at radius 3 is 2.26 bits per heavy atom. The summed E-state index contributed by atoms with van der Waals surface area (Å²) in [6, 6.07) is 7.86. The molecule has 0 radical (unpaired) electrons. The molecule has 174 valence electrons. The Balaban J connectivity index is 1.59. The molecular weight excluding hydrogens is 402 g/mol. The number of hydrogen-bond donors (Lipinski definition) is 2. The fourth-order valence-corrected chi connectivity index (χ4v) is 5.13. The number of carbonyl (C=O) groups excluding carboxylic acids is 1. The minimum absolute atomic E-state index is 0.00987. The first-order valence-corrected chi connectivity index (χ1v) is 13.4. The first kappa shape index (κ1) is 25.8. The highest BCUT2D eigenvalue weighted by Gasteiger charge is 2.29. The van der Waals surface area contributed by atoms with E-state index in [1.54, 1.807) is 11.8 Å². The van der Waals surface area contributed by atoms with Gasteiger partial charge in [0.05, 0.1) is 5.54 Å². The van der Waals surface area contributed by atoms with Crippen LogP contribution in [0, 0.1) is 0 Å². The third kappa shape index (κ3) is 9.67. The number of unbranched alkanes of at least 4 members (excludes halogenated alkanes) is 11. The van der Waals surface area contributed by atoms with Crippen molar-refractivity contribution in [2.45, 2.75) is 103 Å². The summed E-state index contributed by atoms with van der Waals surface area (Å²) < 4.78 is 0. The van der Waals surface area contributed by atoms with E-state index in [1.807, 2.05) is 18.2 Å². The van der Waals surface area contributed by atoms with Crippen molar-refractivity contribution < 1.29 is 4.79 Å². The van der Waals surface area contributed by atoms with Crippen LogP contribution in [-0.4, -0.2) is 23.4 Å². The summed E-state index contributed by atoms with van der Waals surface area (Å²) in [5, 5.41) is 3.72. The molecular formula is C26H43N3OS. The van der Waals surface area contributed by atoms with Gasteiger partial charge in [-0.15, -0.1) is 0 Å². The zero-order valence-electron chi connectivity index (χ0n) is 19.8. The van der Waals surface area contributed by atoms with Gasteiger partial charge in [0.25, 0.3) is 5.91 Å². The van der Waals surface area contributed by atoms with Gasteiger partial charge in [-0.05, 0) is 37.5 Å². The summed E-state index contributed by atoms with van der Waals surface area (Å²) >= 11 is 1.60. The zero-order chi connectivity index (χ0) is 22.4. The van der Waals surface area contributed by atoms with E-state index in [2.05, 4.69) is 30.2 Å². The lowest BCUT2D eigenvalue weighted by molar-refractivity contribution is 0.0952. The minimum Gasteiger partial charge on any atom is -0.379 e. The average Bonchev–Trinajstić information content (AvgIpc) is 2.77. The van der Waals surface area contributed by atoms with Crippen LogP contribution in [0.15, 0.2) is 29.3 Å².